The molecule has 0 radical (unpaired) electrons. The molecule has 6 nitrogen and oxygen atoms in total. The Labute approximate surface area is 110 Å². The molecule has 6 heteroatoms. The Morgan fingerprint density at radius 2 is 2.21 bits per heavy atom. The second-order valence-electron chi connectivity index (χ2n) is 3.89. The average Bonchev–Trinajstić information content (AvgIpc) is 2.89. The second kappa shape index (κ2) is 5.53. The van der Waals surface area contributed by atoms with Gasteiger partial charge in [0.2, 0.25) is 0 Å². The molecule has 1 heterocycles. The number of aromatic amines is 1. The molecule has 0 atom stereocenters. The molecule has 0 aliphatic carbocycles. The van der Waals surface area contributed by atoms with Crippen molar-refractivity contribution in [2.75, 3.05) is 14.2 Å². The summed E-state index contributed by atoms with van der Waals surface area (Å²) in [5.74, 6) is -0.367. The molecule has 2 aromatic rings. The van der Waals surface area contributed by atoms with Gasteiger partial charge in [-0.2, -0.15) is 5.10 Å². The van der Waals surface area contributed by atoms with Gasteiger partial charge >= 0.3 is 5.97 Å². The molecule has 2 rings (SSSR count). The highest BCUT2D eigenvalue weighted by molar-refractivity contribution is 5.87. The van der Waals surface area contributed by atoms with Crippen LogP contribution in [0.2, 0.25) is 0 Å². The lowest BCUT2D eigenvalue weighted by Crippen LogP contribution is -1.97. The van der Waals surface area contributed by atoms with Crippen molar-refractivity contribution < 1.29 is 19.4 Å². The Kier molecular flexibility index (Phi) is 3.82. The topological polar surface area (TPSA) is 84.4 Å². The molecule has 0 fully saturated rings. The molecule has 2 N–H and O–H groups in total. The molecule has 0 aliphatic heterocycles. The van der Waals surface area contributed by atoms with Crippen LogP contribution in [-0.4, -0.2) is 35.5 Å². The third-order valence-electron chi connectivity index (χ3n) is 2.73. The molecule has 0 amide bonds. The molecule has 0 spiro atoms. The fourth-order valence-corrected chi connectivity index (χ4v) is 1.86. The normalized spacial score (nSPS) is 10.4. The van der Waals surface area contributed by atoms with Crippen LogP contribution in [0.25, 0.3) is 11.3 Å². The number of aromatic carboxylic acids is 1. The zero-order chi connectivity index (χ0) is 13.8. The molecule has 1 aromatic heterocycles. The van der Waals surface area contributed by atoms with E-state index in [1.54, 1.807) is 14.2 Å². The summed E-state index contributed by atoms with van der Waals surface area (Å²) in [6.45, 7) is 0.356. The van der Waals surface area contributed by atoms with E-state index < -0.39 is 5.97 Å². The van der Waals surface area contributed by atoms with Gasteiger partial charge in [0.1, 0.15) is 11.4 Å². The zero-order valence-electron chi connectivity index (χ0n) is 10.6. The van der Waals surface area contributed by atoms with E-state index in [1.807, 2.05) is 18.2 Å². The first-order valence-electron chi connectivity index (χ1n) is 5.61. The summed E-state index contributed by atoms with van der Waals surface area (Å²) in [6.07, 6.45) is 0. The Morgan fingerprint density at radius 1 is 1.42 bits per heavy atom. The fraction of sp³-hybridized carbons (Fsp3) is 0.231. The van der Waals surface area contributed by atoms with Crippen molar-refractivity contribution in [3.8, 4) is 17.0 Å². The van der Waals surface area contributed by atoms with E-state index in [9.17, 15) is 4.79 Å². The standard InChI is InChI=1S/C13H14N2O4/c1-18-7-9-8(4-3-5-12(9)19-2)10-6-11(13(16)17)15-14-10/h3-6H,7H2,1-2H3,(H,14,15)(H,16,17). The molecule has 0 unspecified atom stereocenters. The Hall–Kier alpha value is -2.34. The van der Waals surface area contributed by atoms with E-state index in [0.29, 0.717) is 18.1 Å². The number of carboxylic acids is 1. The SMILES string of the molecule is COCc1c(OC)cccc1-c1cc(C(=O)O)[nH]n1. The maximum absolute atomic E-state index is 10.9. The predicted molar refractivity (Wildman–Crippen MR) is 68.2 cm³/mol. The Bertz CT molecular complexity index is 592. The molecule has 0 bridgehead atoms. The van der Waals surface area contributed by atoms with E-state index in [2.05, 4.69) is 10.2 Å². The van der Waals surface area contributed by atoms with Gasteiger partial charge in [-0.15, -0.1) is 0 Å². The number of nitrogens with zero attached hydrogens (tertiary/aromatic N) is 1. The first kappa shape index (κ1) is 13.1. The molecule has 19 heavy (non-hydrogen) atoms. The van der Waals surface area contributed by atoms with Crippen molar-refractivity contribution in [2.45, 2.75) is 6.61 Å². The van der Waals surface area contributed by atoms with Crippen LogP contribution in [0.5, 0.6) is 5.75 Å². The molecule has 1 aromatic carbocycles. The molecule has 0 saturated carbocycles. The molecular formula is C13H14N2O4. The van der Waals surface area contributed by atoms with E-state index >= 15 is 0 Å². The van der Waals surface area contributed by atoms with Crippen LogP contribution in [0.4, 0.5) is 0 Å². The highest BCUT2D eigenvalue weighted by Crippen LogP contribution is 2.30. The van der Waals surface area contributed by atoms with E-state index in [-0.39, 0.29) is 5.69 Å². The predicted octanol–water partition coefficient (Wildman–Crippen LogP) is 1.93. The van der Waals surface area contributed by atoms with Gasteiger partial charge in [0.05, 0.1) is 19.4 Å². The molecule has 100 valence electrons. The van der Waals surface area contributed by atoms with E-state index in [4.69, 9.17) is 14.6 Å². The number of nitrogens with one attached hydrogen (secondary N) is 1. The number of methoxy groups -OCH3 is 2. The number of carbonyl (C=O) groups is 1. The number of carboxylic acid groups (broad SMARTS) is 1. The van der Waals surface area contributed by atoms with Gasteiger partial charge in [-0.1, -0.05) is 12.1 Å². The van der Waals surface area contributed by atoms with Crippen LogP contribution in [-0.2, 0) is 11.3 Å². The highest BCUT2D eigenvalue weighted by Gasteiger charge is 2.15. The minimum atomic E-state index is -1.05. The van der Waals surface area contributed by atoms with Crippen LogP contribution in [0.1, 0.15) is 16.1 Å². The molecule has 0 saturated heterocycles. The van der Waals surface area contributed by atoms with Crippen molar-refractivity contribution in [2.24, 2.45) is 0 Å². The average molecular weight is 262 g/mol. The number of ether oxygens (including phenoxy) is 2. The second-order valence-corrected chi connectivity index (χ2v) is 3.89. The van der Waals surface area contributed by atoms with Gasteiger partial charge in [-0.25, -0.2) is 4.79 Å². The van der Waals surface area contributed by atoms with Gasteiger partial charge in [-0.3, -0.25) is 5.10 Å². The Morgan fingerprint density at radius 3 is 2.79 bits per heavy atom. The van der Waals surface area contributed by atoms with Crippen molar-refractivity contribution in [1.29, 1.82) is 0 Å². The van der Waals surface area contributed by atoms with Crippen LogP contribution in [0.3, 0.4) is 0 Å². The first-order chi connectivity index (χ1) is 9.17. The fourth-order valence-electron chi connectivity index (χ4n) is 1.86. The smallest absolute Gasteiger partial charge is 0.353 e. The number of rotatable bonds is 5. The number of hydrogen-bond acceptors (Lipinski definition) is 4. The lowest BCUT2D eigenvalue weighted by atomic mass is 10.0. The maximum Gasteiger partial charge on any atom is 0.353 e. The molecular weight excluding hydrogens is 248 g/mol. The zero-order valence-corrected chi connectivity index (χ0v) is 10.6. The number of hydrogen-bond donors (Lipinski definition) is 2. The lowest BCUT2D eigenvalue weighted by Gasteiger charge is -2.11. The summed E-state index contributed by atoms with van der Waals surface area (Å²) in [4.78, 5) is 10.9. The van der Waals surface area contributed by atoms with Crippen molar-refractivity contribution in [3.63, 3.8) is 0 Å². The lowest BCUT2D eigenvalue weighted by molar-refractivity contribution is 0.0690. The highest BCUT2D eigenvalue weighted by atomic mass is 16.5. The quantitative estimate of drug-likeness (QED) is 0.860. The van der Waals surface area contributed by atoms with Crippen molar-refractivity contribution in [3.05, 3.63) is 35.5 Å². The number of benzene rings is 1. The maximum atomic E-state index is 10.9. The summed E-state index contributed by atoms with van der Waals surface area (Å²) in [5.41, 5.74) is 2.20. The van der Waals surface area contributed by atoms with Crippen LogP contribution in [0.15, 0.2) is 24.3 Å². The third kappa shape index (κ3) is 2.58. The van der Waals surface area contributed by atoms with Gasteiger partial charge in [-0.05, 0) is 12.1 Å². The summed E-state index contributed by atoms with van der Waals surface area (Å²) >= 11 is 0. The minimum absolute atomic E-state index is 0.0428. The largest absolute Gasteiger partial charge is 0.496 e. The molecule has 0 aliphatic rings. The summed E-state index contributed by atoms with van der Waals surface area (Å²) in [6, 6.07) is 6.97. The van der Waals surface area contributed by atoms with Crippen molar-refractivity contribution in [1.82, 2.24) is 10.2 Å². The van der Waals surface area contributed by atoms with Gasteiger partial charge in [0, 0.05) is 18.2 Å². The third-order valence-corrected chi connectivity index (χ3v) is 2.73. The van der Waals surface area contributed by atoms with E-state index in [1.165, 1.54) is 6.07 Å². The van der Waals surface area contributed by atoms with E-state index in [0.717, 1.165) is 11.1 Å². The van der Waals surface area contributed by atoms with Crippen LogP contribution < -0.4 is 4.74 Å². The van der Waals surface area contributed by atoms with Gasteiger partial charge in [0.15, 0.2) is 0 Å². The monoisotopic (exact) mass is 262 g/mol. The number of H-pyrrole nitrogens is 1. The van der Waals surface area contributed by atoms with Gasteiger partial charge in [0.25, 0.3) is 0 Å². The minimum Gasteiger partial charge on any atom is -0.496 e. The van der Waals surface area contributed by atoms with Crippen molar-refractivity contribution >= 4 is 5.97 Å². The van der Waals surface area contributed by atoms with Crippen LogP contribution >= 0.6 is 0 Å². The summed E-state index contributed by atoms with van der Waals surface area (Å²) in [5, 5.41) is 15.4. The van der Waals surface area contributed by atoms with Gasteiger partial charge < -0.3 is 14.6 Å². The number of aromatic nitrogens is 2. The van der Waals surface area contributed by atoms with Crippen LogP contribution in [0, 0.1) is 0 Å². The Balaban J connectivity index is 2.50. The summed E-state index contributed by atoms with van der Waals surface area (Å²) in [7, 11) is 3.16. The summed E-state index contributed by atoms with van der Waals surface area (Å²) < 4.78 is 10.4. The first-order valence-corrected chi connectivity index (χ1v) is 5.61.